The van der Waals surface area contributed by atoms with E-state index in [0.29, 0.717) is 17.9 Å². The summed E-state index contributed by atoms with van der Waals surface area (Å²) in [5.41, 5.74) is 3.22. The van der Waals surface area contributed by atoms with E-state index in [1.807, 2.05) is 54.6 Å². The molecule has 1 aliphatic rings. The summed E-state index contributed by atoms with van der Waals surface area (Å²) < 4.78 is 19.0. The number of amides is 1. The van der Waals surface area contributed by atoms with Crippen molar-refractivity contribution < 1.29 is 13.9 Å². The standard InChI is InChI=1S/C23H18FNO2/c1-16-22(25(23(16)26)20-11-9-19(24)10-12-20)18-7-13-21(14-8-18)27-15-17-5-3-2-4-6-17/h2-14,22H,1,15H2/t22-/m0/s1. The Morgan fingerprint density at radius 3 is 2.26 bits per heavy atom. The number of hydrogen-bond donors (Lipinski definition) is 0. The summed E-state index contributed by atoms with van der Waals surface area (Å²) >= 11 is 0. The third-order valence-corrected chi connectivity index (χ3v) is 4.63. The molecule has 27 heavy (non-hydrogen) atoms. The predicted octanol–water partition coefficient (Wildman–Crippen LogP) is 5.05. The van der Waals surface area contributed by atoms with Crippen LogP contribution in [0, 0.1) is 5.82 Å². The third kappa shape index (κ3) is 3.34. The van der Waals surface area contributed by atoms with Crippen LogP contribution in [0.5, 0.6) is 5.75 Å². The minimum atomic E-state index is -0.331. The van der Waals surface area contributed by atoms with E-state index < -0.39 is 0 Å². The first-order valence-corrected chi connectivity index (χ1v) is 8.68. The minimum Gasteiger partial charge on any atom is -0.489 e. The fourth-order valence-electron chi connectivity index (χ4n) is 3.18. The lowest BCUT2D eigenvalue weighted by molar-refractivity contribution is -0.118. The number of β-lactam (4-membered cyclic amide) rings is 1. The number of benzene rings is 3. The van der Waals surface area contributed by atoms with Gasteiger partial charge >= 0.3 is 0 Å². The molecule has 1 atom stereocenters. The van der Waals surface area contributed by atoms with Crippen LogP contribution in [0.1, 0.15) is 17.2 Å². The van der Waals surface area contributed by atoms with E-state index in [9.17, 15) is 9.18 Å². The molecular weight excluding hydrogens is 341 g/mol. The van der Waals surface area contributed by atoms with Crippen molar-refractivity contribution in [3.63, 3.8) is 0 Å². The molecule has 0 spiro atoms. The van der Waals surface area contributed by atoms with Gasteiger partial charge in [0.05, 0.1) is 6.04 Å². The molecule has 0 unspecified atom stereocenters. The van der Waals surface area contributed by atoms with Crippen molar-refractivity contribution in [1.29, 1.82) is 0 Å². The maximum Gasteiger partial charge on any atom is 0.256 e. The van der Waals surface area contributed by atoms with Crippen LogP contribution in [-0.4, -0.2) is 5.91 Å². The average Bonchev–Trinajstić information content (AvgIpc) is 2.72. The van der Waals surface area contributed by atoms with Gasteiger partial charge in [0.25, 0.3) is 5.91 Å². The lowest BCUT2D eigenvalue weighted by Crippen LogP contribution is -2.48. The predicted molar refractivity (Wildman–Crippen MR) is 103 cm³/mol. The Morgan fingerprint density at radius 2 is 1.59 bits per heavy atom. The van der Waals surface area contributed by atoms with Crippen LogP contribution in [0.15, 0.2) is 91.0 Å². The molecule has 1 saturated heterocycles. The molecule has 3 aromatic rings. The smallest absolute Gasteiger partial charge is 0.256 e. The molecule has 1 heterocycles. The van der Waals surface area contributed by atoms with Gasteiger partial charge in [-0.15, -0.1) is 0 Å². The van der Waals surface area contributed by atoms with Gasteiger partial charge in [0.2, 0.25) is 0 Å². The van der Waals surface area contributed by atoms with E-state index >= 15 is 0 Å². The quantitative estimate of drug-likeness (QED) is 0.471. The summed E-state index contributed by atoms with van der Waals surface area (Å²) in [4.78, 5) is 13.9. The second kappa shape index (κ2) is 7.08. The molecule has 3 nitrogen and oxygen atoms in total. The summed E-state index contributed by atoms with van der Waals surface area (Å²) in [6, 6.07) is 23.2. The maximum atomic E-state index is 13.2. The number of anilines is 1. The Morgan fingerprint density at radius 1 is 0.926 bits per heavy atom. The summed E-state index contributed by atoms with van der Waals surface area (Å²) in [6.07, 6.45) is 0. The number of hydrogen-bond acceptors (Lipinski definition) is 2. The van der Waals surface area contributed by atoms with Crippen LogP contribution in [-0.2, 0) is 11.4 Å². The van der Waals surface area contributed by atoms with Gasteiger partial charge in [-0.3, -0.25) is 9.69 Å². The largest absolute Gasteiger partial charge is 0.489 e. The second-order valence-electron chi connectivity index (χ2n) is 6.42. The molecule has 0 aromatic heterocycles. The van der Waals surface area contributed by atoms with Crippen molar-refractivity contribution >= 4 is 11.6 Å². The normalized spacial score (nSPS) is 16.2. The van der Waals surface area contributed by atoms with Gasteiger partial charge in [0, 0.05) is 11.3 Å². The number of ether oxygens (including phenoxy) is 1. The van der Waals surface area contributed by atoms with Crippen molar-refractivity contribution in [2.45, 2.75) is 12.6 Å². The minimum absolute atomic E-state index is 0.143. The fourth-order valence-corrected chi connectivity index (χ4v) is 3.18. The number of nitrogens with zero attached hydrogens (tertiary/aromatic N) is 1. The lowest BCUT2D eigenvalue weighted by atomic mass is 9.88. The van der Waals surface area contributed by atoms with E-state index in [0.717, 1.165) is 16.9 Å². The van der Waals surface area contributed by atoms with E-state index in [1.165, 1.54) is 12.1 Å². The van der Waals surface area contributed by atoms with E-state index in [4.69, 9.17) is 4.74 Å². The topological polar surface area (TPSA) is 29.5 Å². The van der Waals surface area contributed by atoms with Gasteiger partial charge in [-0.1, -0.05) is 49.0 Å². The molecule has 3 aromatic carbocycles. The highest BCUT2D eigenvalue weighted by Crippen LogP contribution is 2.42. The van der Waals surface area contributed by atoms with Gasteiger partial charge in [0.15, 0.2) is 0 Å². The molecule has 0 N–H and O–H groups in total. The highest BCUT2D eigenvalue weighted by molar-refractivity contribution is 6.14. The molecular formula is C23H18FNO2. The molecule has 0 aliphatic carbocycles. The zero-order valence-corrected chi connectivity index (χ0v) is 14.6. The fraction of sp³-hybridized carbons (Fsp3) is 0.0870. The number of rotatable bonds is 5. The SMILES string of the molecule is C=C1C(=O)N(c2ccc(F)cc2)[C@@H]1c1ccc(OCc2ccccc2)cc1. The van der Waals surface area contributed by atoms with Gasteiger partial charge in [-0.25, -0.2) is 4.39 Å². The van der Waals surface area contributed by atoms with Crippen molar-refractivity contribution in [2.75, 3.05) is 4.90 Å². The Bertz CT molecular complexity index is 966. The first-order chi connectivity index (χ1) is 13.1. The van der Waals surface area contributed by atoms with Crippen molar-refractivity contribution in [1.82, 2.24) is 0 Å². The summed E-state index contributed by atoms with van der Waals surface area (Å²) in [6.45, 7) is 4.39. The van der Waals surface area contributed by atoms with Crippen molar-refractivity contribution in [3.05, 3.63) is 108 Å². The monoisotopic (exact) mass is 359 g/mol. The lowest BCUT2D eigenvalue weighted by Gasteiger charge is -2.42. The Balaban J connectivity index is 1.49. The van der Waals surface area contributed by atoms with Crippen LogP contribution in [0.25, 0.3) is 0 Å². The van der Waals surface area contributed by atoms with Crippen molar-refractivity contribution in [2.24, 2.45) is 0 Å². The summed E-state index contributed by atoms with van der Waals surface area (Å²) in [5.74, 6) is 0.283. The highest BCUT2D eigenvalue weighted by Gasteiger charge is 2.42. The van der Waals surface area contributed by atoms with Gasteiger partial charge in [-0.05, 0) is 47.5 Å². The number of carbonyl (C=O) groups is 1. The Hall–Kier alpha value is -3.40. The van der Waals surface area contributed by atoms with Crippen LogP contribution < -0.4 is 9.64 Å². The van der Waals surface area contributed by atoms with Crippen LogP contribution in [0.2, 0.25) is 0 Å². The van der Waals surface area contributed by atoms with Crippen LogP contribution in [0.4, 0.5) is 10.1 Å². The van der Waals surface area contributed by atoms with Gasteiger partial charge < -0.3 is 4.74 Å². The molecule has 1 aliphatic heterocycles. The summed E-state index contributed by atoms with van der Waals surface area (Å²) in [7, 11) is 0. The molecule has 1 fully saturated rings. The van der Waals surface area contributed by atoms with E-state index in [2.05, 4.69) is 6.58 Å². The van der Waals surface area contributed by atoms with Crippen molar-refractivity contribution in [3.8, 4) is 5.75 Å². The molecule has 4 heteroatoms. The average molecular weight is 359 g/mol. The maximum absolute atomic E-state index is 13.2. The first-order valence-electron chi connectivity index (χ1n) is 8.68. The van der Waals surface area contributed by atoms with E-state index in [1.54, 1.807) is 17.0 Å². The summed E-state index contributed by atoms with van der Waals surface area (Å²) in [5, 5.41) is 0. The number of carbonyl (C=O) groups excluding carboxylic acids is 1. The molecule has 0 saturated carbocycles. The van der Waals surface area contributed by atoms with Gasteiger partial charge in [0.1, 0.15) is 18.2 Å². The van der Waals surface area contributed by atoms with Gasteiger partial charge in [-0.2, -0.15) is 0 Å². The highest BCUT2D eigenvalue weighted by atomic mass is 19.1. The molecule has 1 amide bonds. The molecule has 0 radical (unpaired) electrons. The Kier molecular flexibility index (Phi) is 4.47. The third-order valence-electron chi connectivity index (χ3n) is 4.63. The van der Waals surface area contributed by atoms with E-state index in [-0.39, 0.29) is 17.8 Å². The van der Waals surface area contributed by atoms with Crippen LogP contribution in [0.3, 0.4) is 0 Å². The zero-order chi connectivity index (χ0) is 18.8. The number of halogens is 1. The van der Waals surface area contributed by atoms with Crippen LogP contribution >= 0.6 is 0 Å². The Labute approximate surface area is 157 Å². The molecule has 134 valence electrons. The second-order valence-corrected chi connectivity index (χ2v) is 6.42. The zero-order valence-electron chi connectivity index (χ0n) is 14.6. The first kappa shape index (κ1) is 17.0. The molecule has 0 bridgehead atoms. The molecule has 4 rings (SSSR count).